The van der Waals surface area contributed by atoms with Crippen LogP contribution in [0, 0.1) is 54.3 Å². The first-order chi connectivity index (χ1) is 30.5. The number of benzene rings is 2. The summed E-state index contributed by atoms with van der Waals surface area (Å²) in [5.74, 6) is 0.632. The number of carboxylic acid groups (broad SMARTS) is 1. The van der Waals surface area contributed by atoms with Crippen LogP contribution in [-0.2, 0) is 13.1 Å². The van der Waals surface area contributed by atoms with E-state index in [0.29, 0.717) is 48.1 Å². The lowest BCUT2D eigenvalue weighted by molar-refractivity contribution is 0.0696. The number of aliphatic hydroxyl groups is 2. The van der Waals surface area contributed by atoms with Gasteiger partial charge in [-0.25, -0.2) is 24.7 Å². The number of carbonyl (C=O) groups excluding carboxylic acids is 1. The number of nitrogens with one attached hydrogen (secondary N) is 2. The average Bonchev–Trinajstić information content (AvgIpc) is 4.24. The number of ketones is 1. The largest absolute Gasteiger partial charge is 0.478 e. The fourth-order valence-corrected chi connectivity index (χ4v) is 6.43. The van der Waals surface area contributed by atoms with Gasteiger partial charge < -0.3 is 31.7 Å². The van der Waals surface area contributed by atoms with Crippen molar-refractivity contribution in [2.45, 2.75) is 65.1 Å². The minimum Gasteiger partial charge on any atom is -0.478 e. The molecule has 8 rings (SSSR count). The molecule has 0 spiro atoms. The second kappa shape index (κ2) is 21.4. The second-order valence-electron chi connectivity index (χ2n) is 15.3. The number of aliphatic hydroxyl groups excluding tert-OH is 2. The van der Waals surface area contributed by atoms with Crippen molar-refractivity contribution in [3.8, 4) is 34.7 Å². The molecule has 2 aliphatic carbocycles. The van der Waals surface area contributed by atoms with Crippen molar-refractivity contribution in [2.24, 2.45) is 23.5 Å². The maximum absolute atomic E-state index is 12.6. The van der Waals surface area contributed by atoms with Gasteiger partial charge in [0.25, 0.3) is 0 Å². The summed E-state index contributed by atoms with van der Waals surface area (Å²) in [4.78, 5) is 41.2. The lowest BCUT2D eigenvalue weighted by Crippen LogP contribution is -2.18. The van der Waals surface area contributed by atoms with E-state index in [1.807, 2.05) is 32.0 Å². The Hall–Kier alpha value is -7.38. The number of anilines is 4. The summed E-state index contributed by atoms with van der Waals surface area (Å²) in [5.41, 5.74) is 12.6. The Bertz CT molecular complexity index is 2570. The van der Waals surface area contributed by atoms with Crippen molar-refractivity contribution in [1.82, 2.24) is 39.5 Å². The Labute approximate surface area is 364 Å². The first-order valence-electron chi connectivity index (χ1n) is 20.5. The molecule has 324 valence electrons. The Morgan fingerprint density at radius 3 is 1.57 bits per heavy atom. The highest BCUT2D eigenvalue weighted by Crippen LogP contribution is 2.38. The maximum atomic E-state index is 12.6. The Balaban J connectivity index is 0.000000184. The number of hydrogen-bond donors (Lipinski definition) is 6. The van der Waals surface area contributed by atoms with Crippen LogP contribution in [0.15, 0.2) is 85.7 Å². The molecule has 4 heterocycles. The van der Waals surface area contributed by atoms with Crippen LogP contribution in [0.1, 0.15) is 63.9 Å². The van der Waals surface area contributed by atoms with Gasteiger partial charge >= 0.3 is 5.97 Å². The summed E-state index contributed by atoms with van der Waals surface area (Å²) in [6.07, 6.45) is 15.0. The van der Waals surface area contributed by atoms with Gasteiger partial charge in [-0.15, -0.1) is 0 Å². The lowest BCUT2D eigenvalue weighted by atomic mass is 9.94. The number of carboxylic acids is 1. The molecule has 6 aromatic rings. The molecule has 0 bridgehead atoms. The molecule has 0 saturated heterocycles. The van der Waals surface area contributed by atoms with Crippen molar-refractivity contribution in [3.63, 3.8) is 0 Å². The van der Waals surface area contributed by atoms with Gasteiger partial charge in [0.05, 0.1) is 91.1 Å². The summed E-state index contributed by atoms with van der Waals surface area (Å²) < 4.78 is 3.25. The molecule has 0 radical (unpaired) electrons. The number of aromatic nitrogens is 8. The number of Topliss-reactive ketones (excluding diaryl/α,β-unsaturated/α-hetero) is 1. The van der Waals surface area contributed by atoms with E-state index in [0.717, 1.165) is 65.0 Å². The van der Waals surface area contributed by atoms with Crippen molar-refractivity contribution in [2.75, 3.05) is 23.8 Å². The molecule has 18 heteroatoms. The number of nitrogens with two attached hydrogens (primary N) is 1. The van der Waals surface area contributed by atoms with Crippen LogP contribution in [-0.4, -0.2) is 85.8 Å². The molecule has 2 fully saturated rings. The molecule has 2 saturated carbocycles. The van der Waals surface area contributed by atoms with Crippen LogP contribution < -0.4 is 16.4 Å². The quantitative estimate of drug-likeness (QED) is 0.0624. The van der Waals surface area contributed by atoms with Crippen LogP contribution in [0.3, 0.4) is 0 Å². The van der Waals surface area contributed by atoms with Crippen LogP contribution in [0.25, 0.3) is 22.5 Å². The fourth-order valence-electron chi connectivity index (χ4n) is 6.43. The minimum atomic E-state index is -0.965. The van der Waals surface area contributed by atoms with E-state index in [9.17, 15) is 14.9 Å². The van der Waals surface area contributed by atoms with Crippen LogP contribution in [0.5, 0.6) is 0 Å². The summed E-state index contributed by atoms with van der Waals surface area (Å²) in [6, 6.07) is 18.0. The molecule has 7 N–H and O–H groups in total. The lowest BCUT2D eigenvalue weighted by Gasteiger charge is -2.10. The third-order valence-electron chi connectivity index (χ3n) is 10.3. The van der Waals surface area contributed by atoms with E-state index in [1.54, 1.807) is 82.9 Å². The van der Waals surface area contributed by atoms with E-state index in [1.165, 1.54) is 0 Å². The molecule has 0 unspecified atom stereocenters. The smallest absolute Gasteiger partial charge is 0.335 e. The molecular formula is C45H49N13O5. The van der Waals surface area contributed by atoms with Crippen molar-refractivity contribution < 1.29 is 24.9 Å². The third kappa shape index (κ3) is 12.8. The SMILES string of the molecule is Cc1cnc(Nc2cnn(CCO)c2)nc1-c1ccc(C(=O)C[C@H](C#N)C2CC2)cc1.Cc1cnc(Nc2cnn(CCO)c2)nc1-c1ccc(C(=O)O)cc1.N#C[C@@H](N)C1CC1. The van der Waals surface area contributed by atoms with Gasteiger partial charge in [-0.3, -0.25) is 14.2 Å². The van der Waals surface area contributed by atoms with E-state index in [2.05, 4.69) is 46.8 Å². The van der Waals surface area contributed by atoms with Crippen LogP contribution >= 0.6 is 0 Å². The van der Waals surface area contributed by atoms with E-state index in [-0.39, 0.29) is 42.9 Å². The molecule has 18 nitrogen and oxygen atoms in total. The standard InChI is InChI=1S/C23H24N6O2.C17H17N5O3.C5H8N2/c1-15-12-25-23(27-20-13-26-29(14-20)8-9-30)28-22(15)18-6-4-17(5-7-18)21(31)10-19(11-24)16-2-3-16;1-11-8-18-17(20-14-9-19-22(10-14)6-7-23)21-15(11)12-2-4-13(5-3-12)16(24)25;6-3-5(7)4-1-2-4/h4-7,12-14,16,19,30H,2-3,8-10H2,1H3,(H,25,27,28);2-5,8-10,23H,6-7H2,1H3,(H,24,25)(H,18,20,21);4-5H,1-2,7H2/t19-;;5-/m1.1/s1. The maximum Gasteiger partial charge on any atom is 0.335 e. The number of aromatic carboxylic acids is 1. The average molecular weight is 852 g/mol. The predicted octanol–water partition coefficient (Wildman–Crippen LogP) is 5.84. The van der Waals surface area contributed by atoms with Crippen molar-refractivity contribution in [1.29, 1.82) is 10.5 Å². The summed E-state index contributed by atoms with van der Waals surface area (Å²) >= 11 is 0. The summed E-state index contributed by atoms with van der Waals surface area (Å²) in [5, 5.41) is 58.8. The van der Waals surface area contributed by atoms with Gasteiger partial charge in [-0.2, -0.15) is 20.7 Å². The zero-order chi connectivity index (χ0) is 44.9. The summed E-state index contributed by atoms with van der Waals surface area (Å²) in [7, 11) is 0. The highest BCUT2D eigenvalue weighted by atomic mass is 16.4. The topological polar surface area (TPSA) is 280 Å². The number of aryl methyl sites for hydroxylation is 2. The normalized spacial score (nSPS) is 13.8. The minimum absolute atomic E-state index is 0.00616. The Morgan fingerprint density at radius 1 is 0.730 bits per heavy atom. The fraction of sp³-hybridized carbons (Fsp3) is 0.333. The zero-order valence-corrected chi connectivity index (χ0v) is 35.0. The van der Waals surface area contributed by atoms with E-state index in [4.69, 9.17) is 26.3 Å². The highest BCUT2D eigenvalue weighted by Gasteiger charge is 2.33. The van der Waals surface area contributed by atoms with Crippen LogP contribution in [0.2, 0.25) is 0 Å². The number of rotatable bonds is 16. The van der Waals surface area contributed by atoms with Gasteiger partial charge in [-0.05, 0) is 74.6 Å². The van der Waals surface area contributed by atoms with E-state index < -0.39 is 5.97 Å². The molecule has 63 heavy (non-hydrogen) atoms. The van der Waals surface area contributed by atoms with Crippen molar-refractivity contribution in [3.05, 3.63) is 108 Å². The summed E-state index contributed by atoms with van der Waals surface area (Å²) in [6.45, 7) is 4.69. The third-order valence-corrected chi connectivity index (χ3v) is 10.3. The molecule has 2 aliphatic rings. The number of nitriles is 2. The van der Waals surface area contributed by atoms with Gasteiger partial charge in [0.1, 0.15) is 0 Å². The Kier molecular flexibility index (Phi) is 15.4. The molecule has 0 amide bonds. The molecule has 2 aromatic carbocycles. The molecule has 0 aliphatic heterocycles. The van der Waals surface area contributed by atoms with Crippen molar-refractivity contribution >= 4 is 35.0 Å². The first kappa shape index (κ1) is 45.2. The van der Waals surface area contributed by atoms with Gasteiger partial charge in [0.15, 0.2) is 5.78 Å². The number of nitrogens with zero attached hydrogens (tertiary/aromatic N) is 10. The molecule has 4 aromatic heterocycles. The monoisotopic (exact) mass is 851 g/mol. The van der Waals surface area contributed by atoms with Gasteiger partial charge in [-0.1, -0.05) is 36.4 Å². The molecule has 2 atom stereocenters. The molecular weight excluding hydrogens is 803 g/mol. The van der Waals surface area contributed by atoms with E-state index >= 15 is 0 Å². The van der Waals surface area contributed by atoms with Gasteiger partial charge in [0, 0.05) is 47.9 Å². The zero-order valence-electron chi connectivity index (χ0n) is 35.0. The van der Waals surface area contributed by atoms with Gasteiger partial charge in [0.2, 0.25) is 11.9 Å². The first-order valence-corrected chi connectivity index (χ1v) is 20.5. The van der Waals surface area contributed by atoms with Crippen LogP contribution in [0.4, 0.5) is 23.3 Å². The predicted molar refractivity (Wildman–Crippen MR) is 234 cm³/mol. The Morgan fingerprint density at radius 2 is 1.19 bits per heavy atom. The highest BCUT2D eigenvalue weighted by molar-refractivity contribution is 5.97. The number of carbonyl (C=O) groups is 2. The number of hydrogen-bond acceptors (Lipinski definition) is 15. The second-order valence-corrected chi connectivity index (χ2v) is 15.3.